The van der Waals surface area contributed by atoms with Gasteiger partial charge in [-0.3, -0.25) is 9.20 Å². The van der Waals surface area contributed by atoms with Gasteiger partial charge in [0.1, 0.15) is 17.1 Å². The second kappa shape index (κ2) is 7.67. The molecule has 0 saturated heterocycles. The van der Waals surface area contributed by atoms with E-state index in [-0.39, 0.29) is 11.2 Å². The van der Waals surface area contributed by atoms with Gasteiger partial charge in [-0.2, -0.15) is 0 Å². The summed E-state index contributed by atoms with van der Waals surface area (Å²) in [5.74, 6) is 0.828. The van der Waals surface area contributed by atoms with Crippen molar-refractivity contribution in [2.24, 2.45) is 0 Å². The van der Waals surface area contributed by atoms with Crippen LogP contribution in [0.25, 0.3) is 16.6 Å². The van der Waals surface area contributed by atoms with Crippen LogP contribution in [0.1, 0.15) is 31.6 Å². The number of amides is 1. The number of aryl methyl sites for hydroxylation is 2. The van der Waals surface area contributed by atoms with E-state index in [1.54, 1.807) is 6.33 Å². The predicted octanol–water partition coefficient (Wildman–Crippen LogP) is 4.86. The molecule has 7 heteroatoms. The molecular formula is C21H22N4O2S. The maximum atomic E-state index is 12.9. The Bertz CT molecular complexity index is 1150. The molecule has 0 aliphatic rings. The van der Waals surface area contributed by atoms with Crippen LogP contribution in [-0.4, -0.2) is 25.8 Å². The summed E-state index contributed by atoms with van der Waals surface area (Å²) < 4.78 is 7.68. The third-order valence-electron chi connectivity index (χ3n) is 4.76. The van der Waals surface area contributed by atoms with Crippen LogP contribution < -0.4 is 5.32 Å². The summed E-state index contributed by atoms with van der Waals surface area (Å²) in [6, 6.07) is 11.8. The third-order valence-corrected chi connectivity index (χ3v) is 6.10. The summed E-state index contributed by atoms with van der Waals surface area (Å²) in [5, 5.41) is 11.9. The van der Waals surface area contributed by atoms with Gasteiger partial charge < -0.3 is 9.73 Å². The van der Waals surface area contributed by atoms with Gasteiger partial charge in [-0.15, -0.1) is 10.2 Å². The van der Waals surface area contributed by atoms with Gasteiger partial charge in [0.25, 0.3) is 0 Å². The number of hydrogen-bond acceptors (Lipinski definition) is 5. The van der Waals surface area contributed by atoms with Gasteiger partial charge >= 0.3 is 0 Å². The van der Waals surface area contributed by atoms with E-state index >= 15 is 0 Å². The van der Waals surface area contributed by atoms with Crippen molar-refractivity contribution in [1.29, 1.82) is 0 Å². The molecule has 0 radical (unpaired) electrons. The van der Waals surface area contributed by atoms with Crippen molar-refractivity contribution in [2.75, 3.05) is 5.32 Å². The Morgan fingerprint density at radius 1 is 1.25 bits per heavy atom. The van der Waals surface area contributed by atoms with Crippen molar-refractivity contribution in [3.8, 4) is 0 Å². The summed E-state index contributed by atoms with van der Waals surface area (Å²) >= 11 is 1.43. The molecule has 3 aromatic heterocycles. The zero-order valence-electron chi connectivity index (χ0n) is 16.1. The summed E-state index contributed by atoms with van der Waals surface area (Å²) in [6.07, 6.45) is 3.23. The number of thioether (sulfide) groups is 1. The van der Waals surface area contributed by atoms with Gasteiger partial charge in [-0.25, -0.2) is 0 Å². The first-order valence-corrected chi connectivity index (χ1v) is 10.3. The van der Waals surface area contributed by atoms with Crippen LogP contribution in [0.15, 0.2) is 52.2 Å². The van der Waals surface area contributed by atoms with E-state index in [4.69, 9.17) is 4.42 Å². The van der Waals surface area contributed by atoms with Crippen molar-refractivity contribution >= 4 is 40.0 Å². The number of para-hydroxylation sites is 1. The number of carbonyl (C=O) groups excluding carboxylic acids is 1. The first-order chi connectivity index (χ1) is 13.6. The van der Waals surface area contributed by atoms with E-state index in [1.807, 2.05) is 54.6 Å². The fraction of sp³-hybridized carbons (Fsp3) is 0.286. The van der Waals surface area contributed by atoms with Gasteiger partial charge in [-0.1, -0.05) is 43.8 Å². The number of fused-ring (bicyclic) bond motifs is 3. The quantitative estimate of drug-likeness (QED) is 0.473. The van der Waals surface area contributed by atoms with E-state index in [2.05, 4.69) is 22.4 Å². The smallest absolute Gasteiger partial charge is 0.237 e. The largest absolute Gasteiger partial charge is 0.460 e. The average Bonchev–Trinajstić information content (AvgIpc) is 3.23. The van der Waals surface area contributed by atoms with Crippen LogP contribution in [-0.2, 0) is 11.2 Å². The predicted molar refractivity (Wildman–Crippen MR) is 112 cm³/mol. The molecule has 4 aromatic rings. The molecular weight excluding hydrogens is 372 g/mol. The van der Waals surface area contributed by atoms with E-state index in [1.165, 1.54) is 11.8 Å². The molecule has 4 rings (SSSR count). The van der Waals surface area contributed by atoms with Crippen molar-refractivity contribution < 1.29 is 9.21 Å². The molecule has 3 heterocycles. The molecule has 1 aromatic carbocycles. The molecule has 1 atom stereocenters. The Kier molecular flexibility index (Phi) is 5.09. The third kappa shape index (κ3) is 3.38. The summed E-state index contributed by atoms with van der Waals surface area (Å²) in [4.78, 5) is 12.9. The first-order valence-electron chi connectivity index (χ1n) is 9.39. The monoisotopic (exact) mass is 394 g/mol. The highest BCUT2D eigenvalue weighted by molar-refractivity contribution is 8.00. The maximum absolute atomic E-state index is 12.9. The molecule has 1 N–H and O–H groups in total. The Balaban J connectivity index is 1.61. The minimum Gasteiger partial charge on any atom is -0.460 e. The Labute approximate surface area is 167 Å². The van der Waals surface area contributed by atoms with Gasteiger partial charge in [0.05, 0.1) is 16.3 Å². The highest BCUT2D eigenvalue weighted by Crippen LogP contribution is 2.32. The Morgan fingerprint density at radius 3 is 2.86 bits per heavy atom. The second-order valence-electron chi connectivity index (χ2n) is 6.66. The number of nitrogens with zero attached hydrogens (tertiary/aromatic N) is 3. The van der Waals surface area contributed by atoms with Crippen LogP contribution in [0.2, 0.25) is 0 Å². The van der Waals surface area contributed by atoms with Crippen molar-refractivity contribution in [3.05, 3.63) is 54.0 Å². The lowest BCUT2D eigenvalue weighted by Crippen LogP contribution is -2.25. The number of carbonyl (C=O) groups is 1. The van der Waals surface area contributed by atoms with Crippen LogP contribution in [0.4, 0.5) is 5.69 Å². The van der Waals surface area contributed by atoms with Crippen LogP contribution in [0, 0.1) is 6.92 Å². The Morgan fingerprint density at radius 2 is 2.07 bits per heavy atom. The second-order valence-corrected chi connectivity index (χ2v) is 7.85. The van der Waals surface area contributed by atoms with Crippen LogP contribution >= 0.6 is 11.8 Å². The molecule has 0 aliphatic carbocycles. The molecule has 0 fully saturated rings. The molecule has 0 bridgehead atoms. The van der Waals surface area contributed by atoms with E-state index in [0.29, 0.717) is 6.42 Å². The molecule has 0 unspecified atom stereocenters. The van der Waals surface area contributed by atoms with Gasteiger partial charge in [-0.05, 0) is 31.4 Å². The normalized spacial score (nSPS) is 12.5. The fourth-order valence-corrected chi connectivity index (χ4v) is 4.28. The lowest BCUT2D eigenvalue weighted by atomic mass is 10.1. The van der Waals surface area contributed by atoms with E-state index < -0.39 is 0 Å². The minimum absolute atomic E-state index is 0.0247. The highest BCUT2D eigenvalue weighted by Gasteiger charge is 2.22. The maximum Gasteiger partial charge on any atom is 0.237 e. The van der Waals surface area contributed by atoms with Crippen LogP contribution in [0.5, 0.6) is 0 Å². The number of benzene rings is 1. The fourth-order valence-electron chi connectivity index (χ4n) is 3.31. The molecule has 6 nitrogen and oxygen atoms in total. The van der Waals surface area contributed by atoms with Gasteiger partial charge in [0.15, 0.2) is 5.58 Å². The van der Waals surface area contributed by atoms with Crippen molar-refractivity contribution in [3.63, 3.8) is 0 Å². The van der Waals surface area contributed by atoms with Gasteiger partial charge in [0, 0.05) is 17.8 Å². The average molecular weight is 395 g/mol. The molecule has 1 amide bonds. The summed E-state index contributed by atoms with van der Waals surface area (Å²) in [5.41, 5.74) is 4.64. The number of aromatic nitrogens is 3. The lowest BCUT2D eigenvalue weighted by molar-refractivity contribution is -0.115. The van der Waals surface area contributed by atoms with E-state index in [9.17, 15) is 4.79 Å². The number of hydrogen-bond donors (Lipinski definition) is 1. The van der Waals surface area contributed by atoms with Crippen molar-refractivity contribution in [1.82, 2.24) is 14.6 Å². The number of rotatable bonds is 6. The molecule has 0 spiro atoms. The standard InChI is InChI=1S/C21H22N4O2S/c1-4-14-8-6-7-9-15(14)23-20(26)19(5-2)28-21-17-11-18-16(10-13(3)27-18)25(17)12-22-24-21/h6-12,19H,4-5H2,1-3H3,(H,23,26)/t19-/m0/s1. The zero-order chi connectivity index (χ0) is 19.7. The number of furan rings is 1. The van der Waals surface area contributed by atoms with E-state index in [0.717, 1.165) is 45.1 Å². The lowest BCUT2D eigenvalue weighted by Gasteiger charge is -2.16. The Hall–Kier alpha value is -2.80. The first kappa shape index (κ1) is 18.6. The molecule has 144 valence electrons. The number of anilines is 1. The topological polar surface area (TPSA) is 72.4 Å². The highest BCUT2D eigenvalue weighted by atomic mass is 32.2. The molecule has 28 heavy (non-hydrogen) atoms. The SMILES string of the molecule is CCc1ccccc1NC(=O)[C@H](CC)Sc1nncn2c1cc1oc(C)cc12. The van der Waals surface area contributed by atoms with Gasteiger partial charge in [0.2, 0.25) is 5.91 Å². The summed E-state index contributed by atoms with van der Waals surface area (Å²) in [6.45, 7) is 6.00. The van der Waals surface area contributed by atoms with Crippen molar-refractivity contribution in [2.45, 2.75) is 43.9 Å². The molecule has 0 aliphatic heterocycles. The molecule has 0 saturated carbocycles. The van der Waals surface area contributed by atoms with Crippen LogP contribution in [0.3, 0.4) is 0 Å². The zero-order valence-corrected chi connectivity index (χ0v) is 16.9. The summed E-state index contributed by atoms with van der Waals surface area (Å²) in [7, 11) is 0. The number of nitrogens with one attached hydrogen (secondary N) is 1. The minimum atomic E-state index is -0.270.